The highest BCUT2D eigenvalue weighted by atomic mass is 79.9. The van der Waals surface area contributed by atoms with Crippen LogP contribution in [0.1, 0.15) is 30.6 Å². The summed E-state index contributed by atoms with van der Waals surface area (Å²) in [4.78, 5) is 0. The highest BCUT2D eigenvalue weighted by Gasteiger charge is 2.23. The smallest absolute Gasteiger partial charge is 0.161 e. The van der Waals surface area contributed by atoms with Crippen LogP contribution in [0.4, 0.5) is 0 Å². The molecule has 3 N–H and O–H groups in total. The molecule has 0 radical (unpaired) electrons. The number of hydrazine groups is 1. The van der Waals surface area contributed by atoms with Crippen LogP contribution in [0.15, 0.2) is 34.9 Å². The summed E-state index contributed by atoms with van der Waals surface area (Å²) in [6, 6.07) is 7.79. The first-order chi connectivity index (χ1) is 9.72. The Bertz CT molecular complexity index is 570. The van der Waals surface area contributed by atoms with Gasteiger partial charge in [0.05, 0.1) is 19.3 Å². The van der Waals surface area contributed by atoms with Gasteiger partial charge < -0.3 is 4.74 Å². The fraction of sp³-hybridized carbons (Fsp3) is 0.357. The first kappa shape index (κ1) is 15.0. The zero-order chi connectivity index (χ0) is 14.5. The van der Waals surface area contributed by atoms with E-state index in [2.05, 4.69) is 33.4 Å². The fourth-order valence-corrected chi connectivity index (χ4v) is 2.76. The number of halogens is 1. The minimum Gasteiger partial charge on any atom is -0.493 e. The maximum atomic E-state index is 5.79. The fourth-order valence-electron chi connectivity index (χ4n) is 2.24. The summed E-state index contributed by atoms with van der Waals surface area (Å²) in [5.41, 5.74) is 4.85. The van der Waals surface area contributed by atoms with Crippen LogP contribution in [-0.2, 0) is 6.54 Å². The van der Waals surface area contributed by atoms with Crippen LogP contribution in [0.2, 0.25) is 0 Å². The van der Waals surface area contributed by atoms with Gasteiger partial charge in [0.1, 0.15) is 5.69 Å². The molecule has 1 aromatic heterocycles. The minimum atomic E-state index is -0.186. The van der Waals surface area contributed by atoms with Gasteiger partial charge in [0.15, 0.2) is 5.75 Å². The Balaban J connectivity index is 2.51. The van der Waals surface area contributed by atoms with Crippen molar-refractivity contribution in [2.75, 3.05) is 7.11 Å². The molecule has 1 heterocycles. The second kappa shape index (κ2) is 6.88. The third-order valence-electron chi connectivity index (χ3n) is 3.16. The van der Waals surface area contributed by atoms with Gasteiger partial charge in [0.2, 0.25) is 0 Å². The number of ether oxygens (including phenoxy) is 1. The zero-order valence-corrected chi connectivity index (χ0v) is 13.2. The standard InChI is InChI=1S/C14H19BrN4O/c1-3-8-19-14(12(20-2)9-17-19)13(18-16)10-6-4-5-7-11(10)15/h4-7,9,13,18H,3,8,16H2,1-2H3. The summed E-state index contributed by atoms with van der Waals surface area (Å²) in [6.07, 6.45) is 2.72. The number of aromatic nitrogens is 2. The van der Waals surface area contributed by atoms with Crippen LogP contribution in [0, 0.1) is 0 Å². The van der Waals surface area contributed by atoms with Gasteiger partial charge in [-0.05, 0) is 18.1 Å². The van der Waals surface area contributed by atoms with Crippen molar-refractivity contribution in [3.8, 4) is 5.75 Å². The van der Waals surface area contributed by atoms with Gasteiger partial charge in [0, 0.05) is 11.0 Å². The van der Waals surface area contributed by atoms with Crippen LogP contribution in [0.5, 0.6) is 5.75 Å². The molecule has 5 nitrogen and oxygen atoms in total. The number of nitrogens with two attached hydrogens (primary N) is 1. The van der Waals surface area contributed by atoms with E-state index in [1.54, 1.807) is 13.3 Å². The highest BCUT2D eigenvalue weighted by Crippen LogP contribution is 2.33. The van der Waals surface area contributed by atoms with Crippen molar-refractivity contribution in [2.24, 2.45) is 5.84 Å². The van der Waals surface area contributed by atoms with Gasteiger partial charge in [-0.3, -0.25) is 10.5 Å². The lowest BCUT2D eigenvalue weighted by Crippen LogP contribution is -2.31. The molecule has 0 fully saturated rings. The van der Waals surface area contributed by atoms with Gasteiger partial charge in [0.25, 0.3) is 0 Å². The maximum absolute atomic E-state index is 5.79. The monoisotopic (exact) mass is 338 g/mol. The molecule has 20 heavy (non-hydrogen) atoms. The van der Waals surface area contributed by atoms with Crippen LogP contribution < -0.4 is 16.0 Å². The van der Waals surface area contributed by atoms with E-state index in [0.717, 1.165) is 34.4 Å². The molecule has 0 saturated heterocycles. The van der Waals surface area contributed by atoms with Crippen LogP contribution in [-0.4, -0.2) is 16.9 Å². The average Bonchev–Trinajstić information content (AvgIpc) is 2.85. The Kier molecular flexibility index (Phi) is 5.17. The second-order valence-corrected chi connectivity index (χ2v) is 5.30. The van der Waals surface area contributed by atoms with Crippen molar-refractivity contribution in [1.29, 1.82) is 0 Å². The normalized spacial score (nSPS) is 12.4. The van der Waals surface area contributed by atoms with E-state index in [4.69, 9.17) is 10.6 Å². The van der Waals surface area contributed by atoms with Gasteiger partial charge in [-0.1, -0.05) is 41.1 Å². The summed E-state index contributed by atoms with van der Waals surface area (Å²) in [5, 5.41) is 4.38. The van der Waals surface area contributed by atoms with Gasteiger partial charge in [-0.2, -0.15) is 5.10 Å². The molecular weight excluding hydrogens is 320 g/mol. The van der Waals surface area contributed by atoms with E-state index in [-0.39, 0.29) is 6.04 Å². The average molecular weight is 339 g/mol. The van der Waals surface area contributed by atoms with E-state index in [1.165, 1.54) is 0 Å². The predicted octanol–water partition coefficient (Wildman–Crippen LogP) is 2.62. The van der Waals surface area contributed by atoms with Crippen molar-refractivity contribution in [1.82, 2.24) is 15.2 Å². The second-order valence-electron chi connectivity index (χ2n) is 4.44. The summed E-state index contributed by atoms with van der Waals surface area (Å²) in [7, 11) is 1.64. The molecule has 0 aliphatic carbocycles. The number of nitrogens with one attached hydrogen (secondary N) is 1. The van der Waals surface area contributed by atoms with E-state index in [1.807, 2.05) is 28.9 Å². The maximum Gasteiger partial charge on any atom is 0.161 e. The summed E-state index contributed by atoms with van der Waals surface area (Å²) >= 11 is 3.57. The van der Waals surface area contributed by atoms with Crippen molar-refractivity contribution < 1.29 is 4.74 Å². The van der Waals surface area contributed by atoms with Crippen LogP contribution in [0.3, 0.4) is 0 Å². The van der Waals surface area contributed by atoms with Crippen LogP contribution in [0.25, 0.3) is 0 Å². The lowest BCUT2D eigenvalue weighted by atomic mass is 10.0. The molecule has 0 aliphatic heterocycles. The van der Waals surface area contributed by atoms with E-state index >= 15 is 0 Å². The number of rotatable bonds is 6. The molecule has 2 rings (SSSR count). The minimum absolute atomic E-state index is 0.186. The molecule has 1 unspecified atom stereocenters. The molecule has 0 aliphatic rings. The third-order valence-corrected chi connectivity index (χ3v) is 3.88. The number of hydrogen-bond acceptors (Lipinski definition) is 4. The first-order valence-corrected chi connectivity index (χ1v) is 7.32. The van der Waals surface area contributed by atoms with Gasteiger partial charge >= 0.3 is 0 Å². The summed E-state index contributed by atoms with van der Waals surface area (Å²) < 4.78 is 8.35. The molecule has 2 aromatic rings. The van der Waals surface area contributed by atoms with E-state index < -0.39 is 0 Å². The number of hydrogen-bond donors (Lipinski definition) is 2. The number of aryl methyl sites for hydroxylation is 1. The third kappa shape index (κ3) is 2.87. The number of methoxy groups -OCH3 is 1. The summed E-state index contributed by atoms with van der Waals surface area (Å²) in [5.74, 6) is 6.52. The van der Waals surface area contributed by atoms with Crippen molar-refractivity contribution in [3.05, 3.63) is 46.2 Å². The topological polar surface area (TPSA) is 65.1 Å². The molecule has 0 amide bonds. The highest BCUT2D eigenvalue weighted by molar-refractivity contribution is 9.10. The molecule has 6 heteroatoms. The first-order valence-electron chi connectivity index (χ1n) is 6.53. The Hall–Kier alpha value is -1.37. The zero-order valence-electron chi connectivity index (χ0n) is 11.6. The molecule has 108 valence electrons. The molecular formula is C14H19BrN4O. The van der Waals surface area contributed by atoms with E-state index in [9.17, 15) is 0 Å². The Morgan fingerprint density at radius 1 is 1.45 bits per heavy atom. The van der Waals surface area contributed by atoms with Crippen molar-refractivity contribution >= 4 is 15.9 Å². The quantitative estimate of drug-likeness (QED) is 0.627. The molecule has 0 bridgehead atoms. The molecule has 0 saturated carbocycles. The predicted molar refractivity (Wildman–Crippen MR) is 82.4 cm³/mol. The van der Waals surface area contributed by atoms with Gasteiger partial charge in [-0.15, -0.1) is 0 Å². The summed E-state index contributed by atoms with van der Waals surface area (Å²) in [6.45, 7) is 2.93. The number of benzene rings is 1. The molecule has 1 aromatic carbocycles. The van der Waals surface area contributed by atoms with Crippen LogP contribution >= 0.6 is 15.9 Å². The van der Waals surface area contributed by atoms with E-state index in [0.29, 0.717) is 0 Å². The Morgan fingerprint density at radius 3 is 2.80 bits per heavy atom. The van der Waals surface area contributed by atoms with Crippen molar-refractivity contribution in [3.63, 3.8) is 0 Å². The number of nitrogens with zero attached hydrogens (tertiary/aromatic N) is 2. The molecule has 1 atom stereocenters. The largest absolute Gasteiger partial charge is 0.493 e. The van der Waals surface area contributed by atoms with Gasteiger partial charge in [-0.25, -0.2) is 5.43 Å². The SMILES string of the molecule is CCCn1ncc(OC)c1C(NN)c1ccccc1Br. The van der Waals surface area contributed by atoms with Crippen molar-refractivity contribution in [2.45, 2.75) is 25.9 Å². The lowest BCUT2D eigenvalue weighted by molar-refractivity contribution is 0.398. The Morgan fingerprint density at radius 2 is 2.20 bits per heavy atom. The lowest BCUT2D eigenvalue weighted by Gasteiger charge is -2.20. The Labute approximate surface area is 127 Å². The molecule has 0 spiro atoms.